The molecule has 0 aliphatic heterocycles. The second kappa shape index (κ2) is 8.92. The number of fused-ring (bicyclic) bond motifs is 1. The molecule has 0 saturated heterocycles. The summed E-state index contributed by atoms with van der Waals surface area (Å²) in [5, 5.41) is 14.0. The predicted octanol–water partition coefficient (Wildman–Crippen LogP) is 3.02. The molecule has 0 fully saturated rings. The Hall–Kier alpha value is -4.29. The Bertz CT molecular complexity index is 1340. The average Bonchev–Trinajstić information content (AvgIpc) is 3.33. The van der Waals surface area contributed by atoms with Crippen molar-refractivity contribution in [3.8, 4) is 17.7 Å². The van der Waals surface area contributed by atoms with E-state index in [9.17, 15) is 9.18 Å². The lowest BCUT2D eigenvalue weighted by atomic mass is 10.2. The first-order valence-electron chi connectivity index (χ1n) is 10.2. The fourth-order valence-corrected chi connectivity index (χ4v) is 3.13. The number of carbonyl (C=O) groups excluding carboxylic acids is 1. The molecule has 0 spiro atoms. The second-order valence-corrected chi connectivity index (χ2v) is 8.24. The number of pyridine rings is 1. The van der Waals surface area contributed by atoms with Crippen LogP contribution in [-0.2, 0) is 18.4 Å². The molecule has 0 unspecified atom stereocenters. The number of aryl methyl sites for hydroxylation is 1. The summed E-state index contributed by atoms with van der Waals surface area (Å²) in [6, 6.07) is 7.68. The quantitative estimate of drug-likeness (QED) is 0.452. The van der Waals surface area contributed by atoms with Gasteiger partial charge >= 0.3 is 12.1 Å². The largest absolute Gasteiger partial charge is 0.494 e. The van der Waals surface area contributed by atoms with Crippen LogP contribution in [0.3, 0.4) is 0 Å². The van der Waals surface area contributed by atoms with Crippen LogP contribution in [0, 0.1) is 5.82 Å². The zero-order chi connectivity index (χ0) is 24.5. The molecule has 12 nitrogen and oxygen atoms in total. The van der Waals surface area contributed by atoms with E-state index >= 15 is 0 Å². The molecule has 1 amide bonds. The van der Waals surface area contributed by atoms with Crippen molar-refractivity contribution in [2.45, 2.75) is 33.0 Å². The van der Waals surface area contributed by atoms with Crippen LogP contribution in [0.1, 0.15) is 26.5 Å². The van der Waals surface area contributed by atoms with Crippen molar-refractivity contribution in [1.82, 2.24) is 34.7 Å². The molecule has 0 bridgehead atoms. The fourth-order valence-electron chi connectivity index (χ4n) is 3.13. The highest BCUT2D eigenvalue weighted by atomic mass is 19.1. The van der Waals surface area contributed by atoms with E-state index in [2.05, 4.69) is 30.8 Å². The summed E-state index contributed by atoms with van der Waals surface area (Å²) in [6.07, 6.45) is -0.622. The molecule has 1 aromatic carbocycles. The average molecular weight is 470 g/mol. The third-order valence-electron chi connectivity index (χ3n) is 4.46. The number of imidazole rings is 1. The standard InChI is InChI=1S/C21H23FN8O4/c1-21(2,3)34-20(31)24-16-8-6-7-13(23-16)11-33-19-25-17-14(9-12(22)10-15(17)32-5)30(19)18-26-27-28-29(18)4/h6-10H,11H2,1-5H3,(H,23,24,31). The summed E-state index contributed by atoms with van der Waals surface area (Å²) in [6.45, 7) is 5.29. The van der Waals surface area contributed by atoms with Crippen molar-refractivity contribution in [1.29, 1.82) is 0 Å². The van der Waals surface area contributed by atoms with Gasteiger partial charge in [-0.3, -0.25) is 5.32 Å². The number of amides is 1. The lowest BCUT2D eigenvalue weighted by Crippen LogP contribution is -2.27. The van der Waals surface area contributed by atoms with Crippen LogP contribution < -0.4 is 14.8 Å². The molecule has 1 N–H and O–H groups in total. The SMILES string of the molecule is COc1cc(F)cc2c1nc(OCc1cccc(NC(=O)OC(C)(C)C)n1)n2-c1nnnn1C. The normalized spacial score (nSPS) is 11.5. The number of hydrogen-bond donors (Lipinski definition) is 1. The zero-order valence-electron chi connectivity index (χ0n) is 19.2. The molecule has 13 heteroatoms. The van der Waals surface area contributed by atoms with Crippen molar-refractivity contribution in [3.05, 3.63) is 41.8 Å². The number of nitrogens with one attached hydrogen (secondary N) is 1. The van der Waals surface area contributed by atoms with Crippen molar-refractivity contribution in [3.63, 3.8) is 0 Å². The third-order valence-corrected chi connectivity index (χ3v) is 4.46. The van der Waals surface area contributed by atoms with E-state index in [-0.39, 0.29) is 24.3 Å². The van der Waals surface area contributed by atoms with E-state index in [0.717, 1.165) is 0 Å². The molecule has 0 saturated carbocycles. The molecule has 3 heterocycles. The van der Waals surface area contributed by atoms with Gasteiger partial charge in [0.1, 0.15) is 35.1 Å². The lowest BCUT2D eigenvalue weighted by Gasteiger charge is -2.19. The van der Waals surface area contributed by atoms with E-state index < -0.39 is 17.5 Å². The van der Waals surface area contributed by atoms with E-state index in [1.165, 1.54) is 28.5 Å². The Morgan fingerprint density at radius 3 is 2.68 bits per heavy atom. The number of benzene rings is 1. The number of nitrogens with zero attached hydrogens (tertiary/aromatic N) is 7. The molecule has 34 heavy (non-hydrogen) atoms. The van der Waals surface area contributed by atoms with Crippen LogP contribution >= 0.6 is 0 Å². The van der Waals surface area contributed by atoms with Gasteiger partial charge in [0.25, 0.3) is 5.95 Å². The van der Waals surface area contributed by atoms with Gasteiger partial charge in [0.2, 0.25) is 0 Å². The summed E-state index contributed by atoms with van der Waals surface area (Å²) >= 11 is 0. The van der Waals surface area contributed by atoms with Gasteiger partial charge in [0.05, 0.1) is 18.3 Å². The van der Waals surface area contributed by atoms with Gasteiger partial charge in [-0.2, -0.15) is 4.98 Å². The molecule has 4 aromatic rings. The number of aromatic nitrogens is 7. The zero-order valence-corrected chi connectivity index (χ0v) is 19.2. The number of carbonyl (C=O) groups is 1. The van der Waals surface area contributed by atoms with Crippen LogP contribution in [0.15, 0.2) is 30.3 Å². The molecule has 3 aromatic heterocycles. The topological polar surface area (TPSA) is 131 Å². The van der Waals surface area contributed by atoms with Gasteiger partial charge < -0.3 is 14.2 Å². The maximum Gasteiger partial charge on any atom is 0.413 e. The van der Waals surface area contributed by atoms with E-state index in [1.807, 2.05) is 0 Å². The Kier molecular flexibility index (Phi) is 6.01. The Morgan fingerprint density at radius 2 is 2.00 bits per heavy atom. The molecule has 0 aliphatic rings. The summed E-state index contributed by atoms with van der Waals surface area (Å²) in [5.74, 6) is 0.272. The summed E-state index contributed by atoms with van der Waals surface area (Å²) < 4.78 is 33.6. The number of anilines is 1. The number of rotatable bonds is 6. The van der Waals surface area contributed by atoms with Crippen molar-refractivity contribution < 1.29 is 23.4 Å². The Morgan fingerprint density at radius 1 is 1.21 bits per heavy atom. The molecule has 0 atom stereocenters. The highest BCUT2D eigenvalue weighted by Crippen LogP contribution is 2.32. The Labute approximate surface area is 193 Å². The van der Waals surface area contributed by atoms with Gasteiger partial charge in [-0.05, 0) is 43.3 Å². The van der Waals surface area contributed by atoms with Crippen LogP contribution in [0.4, 0.5) is 15.0 Å². The Balaban J connectivity index is 1.63. The molecule has 0 aliphatic carbocycles. The maximum absolute atomic E-state index is 14.2. The van der Waals surface area contributed by atoms with Gasteiger partial charge in [0, 0.05) is 19.2 Å². The van der Waals surface area contributed by atoms with E-state index in [4.69, 9.17) is 14.2 Å². The van der Waals surface area contributed by atoms with Gasteiger partial charge in [-0.1, -0.05) is 11.2 Å². The van der Waals surface area contributed by atoms with Crippen LogP contribution in [0.25, 0.3) is 17.0 Å². The molecule has 4 rings (SSSR count). The van der Waals surface area contributed by atoms with Crippen molar-refractivity contribution in [2.24, 2.45) is 7.05 Å². The maximum atomic E-state index is 14.2. The number of tetrazole rings is 1. The van der Waals surface area contributed by atoms with Crippen molar-refractivity contribution >= 4 is 22.9 Å². The smallest absolute Gasteiger partial charge is 0.413 e. The number of ether oxygens (including phenoxy) is 3. The van der Waals surface area contributed by atoms with Crippen LogP contribution in [0.2, 0.25) is 0 Å². The highest BCUT2D eigenvalue weighted by Gasteiger charge is 2.22. The number of halogens is 1. The van der Waals surface area contributed by atoms with Crippen LogP contribution in [-0.4, -0.2) is 53.5 Å². The van der Waals surface area contributed by atoms with Crippen LogP contribution in [0.5, 0.6) is 11.8 Å². The van der Waals surface area contributed by atoms with Gasteiger partial charge in [-0.15, -0.1) is 0 Å². The first kappa shape index (κ1) is 22.9. The molecular formula is C21H23FN8O4. The lowest BCUT2D eigenvalue weighted by molar-refractivity contribution is 0.0635. The summed E-state index contributed by atoms with van der Waals surface area (Å²) in [5.41, 5.74) is 0.591. The minimum Gasteiger partial charge on any atom is -0.494 e. The number of methoxy groups -OCH3 is 1. The van der Waals surface area contributed by atoms with Crippen molar-refractivity contribution in [2.75, 3.05) is 12.4 Å². The monoisotopic (exact) mass is 470 g/mol. The molecule has 178 valence electrons. The molecular weight excluding hydrogens is 447 g/mol. The predicted molar refractivity (Wildman–Crippen MR) is 118 cm³/mol. The first-order chi connectivity index (χ1) is 16.1. The summed E-state index contributed by atoms with van der Waals surface area (Å²) in [7, 11) is 3.06. The second-order valence-electron chi connectivity index (χ2n) is 8.24. The fraction of sp³-hybridized carbons (Fsp3) is 0.333. The van der Waals surface area contributed by atoms with E-state index in [1.54, 1.807) is 46.0 Å². The third kappa shape index (κ3) is 4.87. The highest BCUT2D eigenvalue weighted by molar-refractivity contribution is 5.85. The van der Waals surface area contributed by atoms with E-state index in [0.29, 0.717) is 22.5 Å². The first-order valence-corrected chi connectivity index (χ1v) is 10.2. The minimum atomic E-state index is -0.640. The number of hydrogen-bond acceptors (Lipinski definition) is 9. The molecule has 0 radical (unpaired) electrons. The van der Waals surface area contributed by atoms with Gasteiger partial charge in [-0.25, -0.2) is 23.4 Å². The minimum absolute atomic E-state index is 0.0107. The summed E-state index contributed by atoms with van der Waals surface area (Å²) in [4.78, 5) is 20.9. The van der Waals surface area contributed by atoms with Gasteiger partial charge in [0.15, 0.2) is 0 Å².